The molecule has 3 rings (SSSR count). The molecule has 29 heavy (non-hydrogen) atoms. The molecule has 0 aromatic heterocycles. The van der Waals surface area contributed by atoms with E-state index in [1.54, 1.807) is 7.05 Å². The number of para-hydroxylation sites is 1. The molecule has 1 aliphatic heterocycles. The maximum atomic E-state index is 13.0. The van der Waals surface area contributed by atoms with Crippen molar-refractivity contribution < 1.29 is 18.0 Å². The van der Waals surface area contributed by atoms with Gasteiger partial charge in [0, 0.05) is 38.3 Å². The lowest BCUT2D eigenvalue weighted by Crippen LogP contribution is -2.47. The van der Waals surface area contributed by atoms with Crippen molar-refractivity contribution in [2.75, 3.05) is 25.0 Å². The molecule has 0 spiro atoms. The molecule has 1 aromatic carbocycles. The summed E-state index contributed by atoms with van der Waals surface area (Å²) in [5.74, 6) is -0.649. The number of rotatable bonds is 5. The van der Waals surface area contributed by atoms with Crippen molar-refractivity contribution in [2.45, 2.75) is 57.2 Å². The van der Waals surface area contributed by atoms with E-state index >= 15 is 0 Å². The molecule has 2 N–H and O–H groups in total. The van der Waals surface area contributed by atoms with Crippen molar-refractivity contribution >= 4 is 17.6 Å². The van der Waals surface area contributed by atoms with Crippen LogP contribution >= 0.6 is 0 Å². The number of benzene rings is 1. The van der Waals surface area contributed by atoms with Gasteiger partial charge < -0.3 is 15.5 Å². The van der Waals surface area contributed by atoms with Gasteiger partial charge in [-0.25, -0.2) is 0 Å². The number of carbonyl (C=O) groups is 1. The van der Waals surface area contributed by atoms with E-state index in [0.29, 0.717) is 38.2 Å². The van der Waals surface area contributed by atoms with Crippen LogP contribution in [0.5, 0.6) is 0 Å². The maximum Gasteiger partial charge on any atom is 0.391 e. The summed E-state index contributed by atoms with van der Waals surface area (Å²) in [6.45, 7) is 1.26. The summed E-state index contributed by atoms with van der Waals surface area (Å²) in [6.07, 6.45) is -0.647. The summed E-state index contributed by atoms with van der Waals surface area (Å²) in [4.78, 5) is 18.5. The van der Waals surface area contributed by atoms with Crippen molar-refractivity contribution in [3.8, 4) is 0 Å². The predicted octanol–water partition coefficient (Wildman–Crippen LogP) is 3.64. The number of amides is 1. The van der Waals surface area contributed by atoms with Crippen LogP contribution in [0.25, 0.3) is 0 Å². The molecule has 5 nitrogen and oxygen atoms in total. The first-order valence-electron chi connectivity index (χ1n) is 10.3. The normalized spacial score (nSPS) is 22.3. The van der Waals surface area contributed by atoms with Gasteiger partial charge in [0.05, 0.1) is 5.92 Å². The number of nitrogens with zero attached hydrogens (tertiary/aromatic N) is 2. The first-order valence-corrected chi connectivity index (χ1v) is 10.3. The van der Waals surface area contributed by atoms with Gasteiger partial charge in [0.15, 0.2) is 5.96 Å². The molecule has 0 saturated heterocycles. The third-order valence-corrected chi connectivity index (χ3v) is 5.75. The molecule has 1 fully saturated rings. The molecule has 160 valence electrons. The van der Waals surface area contributed by atoms with Gasteiger partial charge in [-0.05, 0) is 43.7 Å². The van der Waals surface area contributed by atoms with Crippen LogP contribution < -0.4 is 15.5 Å². The molecule has 1 aliphatic carbocycles. The number of alkyl halides is 3. The fourth-order valence-electron chi connectivity index (χ4n) is 4.18. The number of hydrogen-bond donors (Lipinski definition) is 2. The quantitative estimate of drug-likeness (QED) is 0.443. The summed E-state index contributed by atoms with van der Waals surface area (Å²) in [7, 11) is 1.60. The highest BCUT2D eigenvalue weighted by atomic mass is 19.4. The number of aliphatic imine (C=N–C) groups is 1. The van der Waals surface area contributed by atoms with E-state index < -0.39 is 12.1 Å². The van der Waals surface area contributed by atoms with Crippen LogP contribution in [0.1, 0.15) is 44.1 Å². The Labute approximate surface area is 169 Å². The predicted molar refractivity (Wildman–Crippen MR) is 108 cm³/mol. The third-order valence-electron chi connectivity index (χ3n) is 5.75. The minimum atomic E-state index is -4.13. The summed E-state index contributed by atoms with van der Waals surface area (Å²) < 4.78 is 38.9. The zero-order valence-electron chi connectivity index (χ0n) is 16.8. The van der Waals surface area contributed by atoms with Gasteiger partial charge in [0.2, 0.25) is 5.91 Å². The lowest BCUT2D eigenvalue weighted by molar-refractivity contribution is -0.183. The molecule has 1 saturated carbocycles. The second-order valence-electron chi connectivity index (χ2n) is 7.77. The first-order chi connectivity index (χ1) is 13.9. The van der Waals surface area contributed by atoms with Crippen LogP contribution in [0.15, 0.2) is 29.3 Å². The second-order valence-corrected chi connectivity index (χ2v) is 7.77. The van der Waals surface area contributed by atoms with Crippen LogP contribution in [-0.4, -0.2) is 44.2 Å². The lowest BCUT2D eigenvalue weighted by Gasteiger charge is -2.31. The minimum absolute atomic E-state index is 0.0804. The average Bonchev–Trinajstić information content (AvgIpc) is 3.14. The van der Waals surface area contributed by atoms with Crippen molar-refractivity contribution in [1.29, 1.82) is 0 Å². The largest absolute Gasteiger partial charge is 0.391 e. The Hall–Kier alpha value is -2.25. The van der Waals surface area contributed by atoms with E-state index in [4.69, 9.17) is 0 Å². The third kappa shape index (κ3) is 5.64. The van der Waals surface area contributed by atoms with Gasteiger partial charge in [-0.15, -0.1) is 0 Å². The molecule has 1 aromatic rings. The number of nitrogens with one attached hydrogen (secondary N) is 2. The highest BCUT2D eigenvalue weighted by molar-refractivity contribution is 5.95. The second kappa shape index (κ2) is 9.50. The van der Waals surface area contributed by atoms with Crippen LogP contribution in [0.4, 0.5) is 18.9 Å². The van der Waals surface area contributed by atoms with Gasteiger partial charge in [-0.1, -0.05) is 24.6 Å². The van der Waals surface area contributed by atoms with Gasteiger partial charge in [-0.2, -0.15) is 13.2 Å². The van der Waals surface area contributed by atoms with Gasteiger partial charge in [-0.3, -0.25) is 9.79 Å². The Morgan fingerprint density at radius 1 is 1.28 bits per heavy atom. The van der Waals surface area contributed by atoms with Crippen LogP contribution in [0, 0.1) is 5.92 Å². The summed E-state index contributed by atoms with van der Waals surface area (Å²) in [5, 5.41) is 6.23. The number of carbonyl (C=O) groups excluding carboxylic acids is 1. The zero-order valence-corrected chi connectivity index (χ0v) is 16.8. The van der Waals surface area contributed by atoms with Crippen LogP contribution in [0.2, 0.25) is 0 Å². The monoisotopic (exact) mass is 410 g/mol. The topological polar surface area (TPSA) is 56.7 Å². The van der Waals surface area contributed by atoms with Crippen molar-refractivity contribution in [1.82, 2.24) is 10.6 Å². The smallest absolute Gasteiger partial charge is 0.356 e. The number of hydrogen-bond acceptors (Lipinski definition) is 2. The summed E-state index contributed by atoms with van der Waals surface area (Å²) in [5.41, 5.74) is 2.20. The number of halogens is 3. The van der Waals surface area contributed by atoms with E-state index in [2.05, 4.69) is 21.7 Å². The van der Waals surface area contributed by atoms with Gasteiger partial charge >= 0.3 is 6.18 Å². The van der Waals surface area contributed by atoms with Gasteiger partial charge in [0.1, 0.15) is 0 Å². The minimum Gasteiger partial charge on any atom is -0.356 e. The molecular weight excluding hydrogens is 381 g/mol. The molecule has 0 radical (unpaired) electrons. The molecule has 0 bridgehead atoms. The van der Waals surface area contributed by atoms with E-state index in [1.807, 2.05) is 23.1 Å². The molecule has 1 heterocycles. The molecule has 2 aliphatic rings. The lowest BCUT2D eigenvalue weighted by atomic mass is 9.85. The fourth-order valence-corrected chi connectivity index (χ4v) is 4.18. The molecular formula is C21H29F3N4O. The Morgan fingerprint density at radius 2 is 2.07 bits per heavy atom. The van der Waals surface area contributed by atoms with E-state index in [0.717, 1.165) is 18.7 Å². The molecule has 2 atom stereocenters. The van der Waals surface area contributed by atoms with Crippen LogP contribution in [-0.2, 0) is 11.2 Å². The number of guanidine groups is 1. The SMILES string of the molecule is CN=C(NCCCC(=O)N1CCc2ccccc21)NC1CCCC(C(F)(F)F)C1. The van der Waals surface area contributed by atoms with E-state index in [1.165, 1.54) is 5.56 Å². The maximum absolute atomic E-state index is 13.0. The summed E-state index contributed by atoms with van der Waals surface area (Å²) >= 11 is 0. The Kier molecular flexibility index (Phi) is 7.03. The summed E-state index contributed by atoms with van der Waals surface area (Å²) in [6, 6.07) is 7.72. The van der Waals surface area contributed by atoms with Crippen molar-refractivity contribution in [2.24, 2.45) is 10.9 Å². The van der Waals surface area contributed by atoms with Crippen molar-refractivity contribution in [3.63, 3.8) is 0 Å². The standard InChI is InChI=1S/C21H29F3N4O/c1-25-20(27-17-8-4-7-16(14-17)21(22,23)24)26-12-5-10-19(29)28-13-11-15-6-2-3-9-18(15)28/h2-3,6,9,16-17H,4-5,7-8,10-14H2,1H3,(H2,25,26,27). The molecule has 2 unspecified atom stereocenters. The molecule has 1 amide bonds. The Morgan fingerprint density at radius 3 is 2.83 bits per heavy atom. The zero-order chi connectivity index (χ0) is 20.9. The first kappa shape index (κ1) is 21.5. The fraction of sp³-hybridized carbons (Fsp3) is 0.619. The highest BCUT2D eigenvalue weighted by Crippen LogP contribution is 2.37. The highest BCUT2D eigenvalue weighted by Gasteiger charge is 2.42. The van der Waals surface area contributed by atoms with E-state index in [-0.39, 0.29) is 24.8 Å². The number of anilines is 1. The Balaban J connectivity index is 1.40. The Bertz CT molecular complexity index is 735. The van der Waals surface area contributed by atoms with Crippen LogP contribution in [0.3, 0.4) is 0 Å². The van der Waals surface area contributed by atoms with E-state index in [9.17, 15) is 18.0 Å². The van der Waals surface area contributed by atoms with Crippen molar-refractivity contribution in [3.05, 3.63) is 29.8 Å². The van der Waals surface area contributed by atoms with Gasteiger partial charge in [0.25, 0.3) is 0 Å². The number of fused-ring (bicyclic) bond motifs is 1. The average molecular weight is 410 g/mol. The molecule has 8 heteroatoms.